The average Bonchev–Trinajstić information content (AvgIpc) is 3.33. The molecule has 118 valence electrons. The Labute approximate surface area is 135 Å². The molecule has 0 unspecified atom stereocenters. The van der Waals surface area contributed by atoms with Crippen LogP contribution in [0.3, 0.4) is 0 Å². The van der Waals surface area contributed by atoms with E-state index in [0.29, 0.717) is 23.1 Å². The summed E-state index contributed by atoms with van der Waals surface area (Å²) < 4.78 is 5.49. The summed E-state index contributed by atoms with van der Waals surface area (Å²) >= 11 is 6.09. The fourth-order valence-electron chi connectivity index (χ4n) is 2.33. The van der Waals surface area contributed by atoms with Crippen LogP contribution in [0.25, 0.3) is 0 Å². The van der Waals surface area contributed by atoms with Crippen molar-refractivity contribution < 1.29 is 9.53 Å². The van der Waals surface area contributed by atoms with Gasteiger partial charge in [-0.25, -0.2) is 0 Å². The van der Waals surface area contributed by atoms with Crippen molar-refractivity contribution in [3.05, 3.63) is 23.2 Å². The Hall–Kier alpha value is -1.93. The topological polar surface area (TPSA) is 74.2 Å². The highest BCUT2D eigenvalue weighted by Gasteiger charge is 2.42. The predicted molar refractivity (Wildman–Crippen MR) is 86.0 cm³/mol. The van der Waals surface area contributed by atoms with Gasteiger partial charge in [-0.2, -0.15) is 5.26 Å². The summed E-state index contributed by atoms with van der Waals surface area (Å²) in [6, 6.07) is 7.53. The summed E-state index contributed by atoms with van der Waals surface area (Å²) in [7, 11) is 0. The molecule has 1 saturated carbocycles. The minimum atomic E-state index is -0.782. The molecule has 1 aliphatic rings. The Morgan fingerprint density at radius 2 is 2.27 bits per heavy atom. The van der Waals surface area contributed by atoms with E-state index in [1.807, 2.05) is 6.92 Å². The minimum absolute atomic E-state index is 0.0599. The van der Waals surface area contributed by atoms with Crippen molar-refractivity contribution in [1.29, 1.82) is 5.26 Å². The van der Waals surface area contributed by atoms with E-state index in [2.05, 4.69) is 16.7 Å². The normalized spacial score (nSPS) is 16.3. The fourth-order valence-corrected chi connectivity index (χ4v) is 2.56. The van der Waals surface area contributed by atoms with Gasteiger partial charge in [0.25, 0.3) is 0 Å². The minimum Gasteiger partial charge on any atom is -0.490 e. The van der Waals surface area contributed by atoms with Crippen molar-refractivity contribution in [2.75, 3.05) is 18.5 Å². The quantitative estimate of drug-likeness (QED) is 0.809. The van der Waals surface area contributed by atoms with Crippen LogP contribution in [-0.2, 0) is 4.79 Å². The first-order chi connectivity index (χ1) is 10.5. The monoisotopic (exact) mass is 321 g/mol. The summed E-state index contributed by atoms with van der Waals surface area (Å²) in [5, 5.41) is 15.6. The lowest BCUT2D eigenvalue weighted by molar-refractivity contribution is -0.120. The molecule has 0 aliphatic heterocycles. The van der Waals surface area contributed by atoms with Crippen LogP contribution in [-0.4, -0.2) is 24.6 Å². The molecule has 1 aromatic carbocycles. The molecule has 1 aromatic rings. The van der Waals surface area contributed by atoms with Crippen LogP contribution in [0.2, 0.25) is 5.02 Å². The molecule has 0 radical (unpaired) electrons. The van der Waals surface area contributed by atoms with E-state index >= 15 is 0 Å². The molecule has 5 nitrogen and oxygen atoms in total. The predicted octanol–water partition coefficient (Wildman–Crippen LogP) is 2.96. The largest absolute Gasteiger partial charge is 0.490 e. The smallest absolute Gasteiger partial charge is 0.240 e. The van der Waals surface area contributed by atoms with Gasteiger partial charge in [-0.15, -0.1) is 0 Å². The number of anilines is 1. The summed E-state index contributed by atoms with van der Waals surface area (Å²) in [6.07, 6.45) is 1.97. The summed E-state index contributed by atoms with van der Waals surface area (Å²) in [5.41, 5.74) is -0.120. The molecule has 1 atom stereocenters. The number of nitrogens with one attached hydrogen (secondary N) is 2. The molecule has 0 heterocycles. The molecule has 0 saturated heterocycles. The molecular weight excluding hydrogens is 302 g/mol. The standard InChI is InChI=1S/C16H20ClN3O2/c1-3-22-15-12(17)5-4-6-13(15)19-9-14(21)20-16(2,10-18)11-7-8-11/h4-6,11,19H,3,7-9H2,1-2H3,(H,20,21)/t16-/m0/s1. The number of nitrogens with zero attached hydrogens (tertiary/aromatic N) is 1. The Balaban J connectivity index is 1.97. The molecule has 2 rings (SSSR count). The summed E-state index contributed by atoms with van der Waals surface area (Å²) in [5.74, 6) is 0.565. The van der Waals surface area contributed by atoms with Gasteiger partial charge in [-0.3, -0.25) is 4.79 Å². The number of para-hydroxylation sites is 1. The Morgan fingerprint density at radius 1 is 1.55 bits per heavy atom. The number of ether oxygens (including phenoxy) is 1. The maximum atomic E-state index is 12.1. The third kappa shape index (κ3) is 3.83. The molecule has 0 aromatic heterocycles. The maximum Gasteiger partial charge on any atom is 0.240 e. The summed E-state index contributed by atoms with van der Waals surface area (Å²) in [4.78, 5) is 12.1. The van der Waals surface area contributed by atoms with Crippen molar-refractivity contribution in [3.8, 4) is 11.8 Å². The number of rotatable bonds is 7. The SMILES string of the molecule is CCOc1c(Cl)cccc1NCC(=O)N[C@@](C)(C#N)C1CC1. The molecule has 1 aliphatic carbocycles. The van der Waals surface area contributed by atoms with E-state index in [4.69, 9.17) is 16.3 Å². The second kappa shape index (κ2) is 6.89. The highest BCUT2D eigenvalue weighted by atomic mass is 35.5. The first kappa shape index (κ1) is 16.4. The lowest BCUT2D eigenvalue weighted by atomic mass is 9.98. The second-order valence-corrected chi connectivity index (χ2v) is 5.95. The van der Waals surface area contributed by atoms with Crippen molar-refractivity contribution in [2.45, 2.75) is 32.2 Å². The lowest BCUT2D eigenvalue weighted by Crippen LogP contribution is -2.48. The van der Waals surface area contributed by atoms with Gasteiger partial charge in [0.15, 0.2) is 5.75 Å². The first-order valence-corrected chi connectivity index (χ1v) is 7.75. The van der Waals surface area contributed by atoms with Crippen LogP contribution < -0.4 is 15.4 Å². The van der Waals surface area contributed by atoms with Gasteiger partial charge >= 0.3 is 0 Å². The number of benzene rings is 1. The third-order valence-electron chi connectivity index (χ3n) is 3.72. The van der Waals surface area contributed by atoms with Crippen molar-refractivity contribution in [1.82, 2.24) is 5.32 Å². The van der Waals surface area contributed by atoms with E-state index in [1.54, 1.807) is 25.1 Å². The number of amides is 1. The van der Waals surface area contributed by atoms with Crippen LogP contribution in [0.4, 0.5) is 5.69 Å². The van der Waals surface area contributed by atoms with Gasteiger partial charge < -0.3 is 15.4 Å². The van der Waals surface area contributed by atoms with Gasteiger partial charge in [0.1, 0.15) is 5.54 Å². The zero-order valence-electron chi connectivity index (χ0n) is 12.8. The molecule has 1 amide bonds. The molecule has 2 N–H and O–H groups in total. The molecule has 1 fully saturated rings. The van der Waals surface area contributed by atoms with E-state index in [1.165, 1.54) is 0 Å². The van der Waals surface area contributed by atoms with Crippen molar-refractivity contribution in [3.63, 3.8) is 0 Å². The molecule has 6 heteroatoms. The van der Waals surface area contributed by atoms with Crippen molar-refractivity contribution >= 4 is 23.2 Å². The van der Waals surface area contributed by atoms with Gasteiger partial charge in [0, 0.05) is 0 Å². The number of carbonyl (C=O) groups is 1. The van der Waals surface area contributed by atoms with Crippen LogP contribution in [0, 0.1) is 17.2 Å². The Morgan fingerprint density at radius 3 is 2.86 bits per heavy atom. The van der Waals surface area contributed by atoms with E-state index in [9.17, 15) is 10.1 Å². The summed E-state index contributed by atoms with van der Waals surface area (Å²) in [6.45, 7) is 4.19. The van der Waals surface area contributed by atoms with E-state index < -0.39 is 5.54 Å². The average molecular weight is 322 g/mol. The highest BCUT2D eigenvalue weighted by Crippen LogP contribution is 2.39. The Bertz CT molecular complexity index is 596. The van der Waals surface area contributed by atoms with Crippen molar-refractivity contribution in [2.24, 2.45) is 5.92 Å². The number of nitriles is 1. The van der Waals surface area contributed by atoms with E-state index in [0.717, 1.165) is 12.8 Å². The van der Waals surface area contributed by atoms with Crippen LogP contribution in [0.15, 0.2) is 18.2 Å². The molecule has 0 spiro atoms. The number of hydrogen-bond acceptors (Lipinski definition) is 4. The second-order valence-electron chi connectivity index (χ2n) is 5.54. The Kier molecular flexibility index (Phi) is 5.15. The van der Waals surface area contributed by atoms with E-state index in [-0.39, 0.29) is 18.4 Å². The van der Waals surface area contributed by atoms with Crippen LogP contribution >= 0.6 is 11.6 Å². The number of halogens is 1. The van der Waals surface area contributed by atoms with Crippen LogP contribution in [0.1, 0.15) is 26.7 Å². The van der Waals surface area contributed by atoms with Crippen LogP contribution in [0.5, 0.6) is 5.75 Å². The zero-order valence-corrected chi connectivity index (χ0v) is 13.5. The fraction of sp³-hybridized carbons (Fsp3) is 0.500. The zero-order chi connectivity index (χ0) is 16.2. The van der Waals surface area contributed by atoms with Gasteiger partial charge in [0.05, 0.1) is 29.9 Å². The third-order valence-corrected chi connectivity index (χ3v) is 4.02. The number of hydrogen-bond donors (Lipinski definition) is 2. The maximum absolute atomic E-state index is 12.1. The molecule has 0 bridgehead atoms. The molecular formula is C16H20ClN3O2. The van der Waals surface area contributed by atoms with Gasteiger partial charge in [0.2, 0.25) is 5.91 Å². The lowest BCUT2D eigenvalue weighted by Gasteiger charge is -2.23. The number of carbonyl (C=O) groups excluding carboxylic acids is 1. The first-order valence-electron chi connectivity index (χ1n) is 7.37. The van der Waals surface area contributed by atoms with Gasteiger partial charge in [-0.1, -0.05) is 17.7 Å². The van der Waals surface area contributed by atoms with Gasteiger partial charge in [-0.05, 0) is 44.7 Å². The highest BCUT2D eigenvalue weighted by molar-refractivity contribution is 6.32. The molecule has 22 heavy (non-hydrogen) atoms.